The Morgan fingerprint density at radius 1 is 1.47 bits per heavy atom. The summed E-state index contributed by atoms with van der Waals surface area (Å²) >= 11 is 0. The lowest BCUT2D eigenvalue weighted by atomic mass is 10.0. The Kier molecular flexibility index (Phi) is 3.93. The third kappa shape index (κ3) is 3.79. The molecule has 1 fully saturated rings. The van der Waals surface area contributed by atoms with Crippen LogP contribution in [0.2, 0.25) is 0 Å². The molecule has 0 saturated carbocycles. The Morgan fingerprint density at radius 2 is 2.26 bits per heavy atom. The molecule has 0 amide bonds. The molecule has 1 aliphatic heterocycles. The molecule has 0 spiro atoms. The quantitative estimate of drug-likeness (QED) is 0.847. The first-order valence-electron chi connectivity index (χ1n) is 6.48. The minimum Gasteiger partial charge on any atom is -0.364 e. The predicted octanol–water partition coefficient (Wildman–Crippen LogP) is 1.29. The van der Waals surface area contributed by atoms with Crippen molar-refractivity contribution in [3.05, 3.63) is 12.3 Å². The van der Waals surface area contributed by atoms with Crippen molar-refractivity contribution in [3.63, 3.8) is 0 Å². The van der Waals surface area contributed by atoms with Crippen molar-refractivity contribution >= 4 is 21.6 Å². The van der Waals surface area contributed by atoms with Crippen molar-refractivity contribution in [2.75, 3.05) is 28.7 Å². The summed E-state index contributed by atoms with van der Waals surface area (Å²) in [5, 5.41) is 6.33. The molecule has 1 aliphatic rings. The fraction of sp³-hybridized carbons (Fsp3) is 0.667. The van der Waals surface area contributed by atoms with Gasteiger partial charge in [0.15, 0.2) is 9.84 Å². The minimum absolute atomic E-state index is 0.154. The second-order valence-corrected chi connectivity index (χ2v) is 7.40. The van der Waals surface area contributed by atoms with E-state index in [-0.39, 0.29) is 11.5 Å². The molecule has 7 heteroatoms. The highest BCUT2D eigenvalue weighted by atomic mass is 32.2. The van der Waals surface area contributed by atoms with Gasteiger partial charge < -0.3 is 10.6 Å². The van der Waals surface area contributed by atoms with E-state index in [9.17, 15) is 8.42 Å². The Balaban J connectivity index is 2.07. The molecule has 6 nitrogen and oxygen atoms in total. The van der Waals surface area contributed by atoms with Gasteiger partial charge in [0.25, 0.3) is 0 Å². The Labute approximate surface area is 114 Å². The molecule has 19 heavy (non-hydrogen) atoms. The van der Waals surface area contributed by atoms with Gasteiger partial charge in [-0.25, -0.2) is 13.4 Å². The lowest BCUT2D eigenvalue weighted by Crippen LogP contribution is -2.36. The van der Waals surface area contributed by atoms with Gasteiger partial charge in [-0.05, 0) is 25.8 Å². The van der Waals surface area contributed by atoms with E-state index < -0.39 is 15.4 Å². The number of nitrogens with zero attached hydrogens (tertiary/aromatic N) is 2. The van der Waals surface area contributed by atoms with Gasteiger partial charge >= 0.3 is 0 Å². The standard InChI is InChI=1S/C12H20N4O2S/c1-3-6-13-11-14-7-4-10(15-11)16-12(2)5-8-19(17,18)9-12/h4,7H,3,5-6,8-9H2,1-2H3,(H2,13,14,15,16). The Morgan fingerprint density at radius 3 is 2.89 bits per heavy atom. The summed E-state index contributed by atoms with van der Waals surface area (Å²) < 4.78 is 23.1. The smallest absolute Gasteiger partial charge is 0.224 e. The van der Waals surface area contributed by atoms with Crippen LogP contribution in [-0.4, -0.2) is 42.0 Å². The molecule has 0 radical (unpaired) electrons. The molecule has 2 heterocycles. The van der Waals surface area contributed by atoms with Gasteiger partial charge in [0, 0.05) is 12.7 Å². The molecule has 1 aromatic rings. The van der Waals surface area contributed by atoms with E-state index in [0.29, 0.717) is 18.2 Å². The van der Waals surface area contributed by atoms with Crippen LogP contribution < -0.4 is 10.6 Å². The van der Waals surface area contributed by atoms with Gasteiger partial charge in [0.2, 0.25) is 5.95 Å². The van der Waals surface area contributed by atoms with Crippen LogP contribution in [0.4, 0.5) is 11.8 Å². The highest BCUT2D eigenvalue weighted by molar-refractivity contribution is 7.91. The number of rotatable bonds is 5. The first-order chi connectivity index (χ1) is 8.92. The van der Waals surface area contributed by atoms with Crippen LogP contribution in [0.5, 0.6) is 0 Å². The fourth-order valence-electron chi connectivity index (χ4n) is 2.17. The normalized spacial score (nSPS) is 25.2. The maximum absolute atomic E-state index is 11.6. The van der Waals surface area contributed by atoms with E-state index in [1.54, 1.807) is 12.3 Å². The molecule has 0 aromatic carbocycles. The lowest BCUT2D eigenvalue weighted by Gasteiger charge is -2.24. The predicted molar refractivity (Wildman–Crippen MR) is 76.1 cm³/mol. The van der Waals surface area contributed by atoms with Gasteiger partial charge in [-0.1, -0.05) is 6.92 Å². The van der Waals surface area contributed by atoms with E-state index in [4.69, 9.17) is 0 Å². The van der Waals surface area contributed by atoms with Crippen molar-refractivity contribution in [1.82, 2.24) is 9.97 Å². The van der Waals surface area contributed by atoms with Crippen LogP contribution in [0.1, 0.15) is 26.7 Å². The molecular formula is C12H20N4O2S. The second kappa shape index (κ2) is 5.32. The third-order valence-electron chi connectivity index (χ3n) is 3.12. The average molecular weight is 284 g/mol. The Bertz CT molecular complexity index is 546. The monoisotopic (exact) mass is 284 g/mol. The number of hydrogen-bond donors (Lipinski definition) is 2. The molecule has 2 N–H and O–H groups in total. The first-order valence-corrected chi connectivity index (χ1v) is 8.30. The number of hydrogen-bond acceptors (Lipinski definition) is 6. The van der Waals surface area contributed by atoms with Crippen LogP contribution >= 0.6 is 0 Å². The fourth-order valence-corrected chi connectivity index (χ4v) is 4.26. The average Bonchev–Trinajstić information content (AvgIpc) is 2.61. The van der Waals surface area contributed by atoms with E-state index in [1.165, 1.54) is 0 Å². The number of aromatic nitrogens is 2. The zero-order chi connectivity index (χ0) is 13.9. The highest BCUT2D eigenvalue weighted by Crippen LogP contribution is 2.26. The largest absolute Gasteiger partial charge is 0.364 e. The zero-order valence-corrected chi connectivity index (χ0v) is 12.1. The van der Waals surface area contributed by atoms with Crippen LogP contribution in [0.3, 0.4) is 0 Å². The molecule has 1 atom stereocenters. The number of sulfone groups is 1. The molecule has 1 aromatic heterocycles. The second-order valence-electron chi connectivity index (χ2n) is 5.22. The van der Waals surface area contributed by atoms with Gasteiger partial charge in [-0.15, -0.1) is 0 Å². The lowest BCUT2D eigenvalue weighted by molar-refractivity contribution is 0.572. The van der Waals surface area contributed by atoms with Gasteiger partial charge in [0.05, 0.1) is 17.0 Å². The van der Waals surface area contributed by atoms with Crippen molar-refractivity contribution < 1.29 is 8.42 Å². The summed E-state index contributed by atoms with van der Waals surface area (Å²) in [5.74, 6) is 1.62. The van der Waals surface area contributed by atoms with Crippen molar-refractivity contribution in [2.24, 2.45) is 0 Å². The van der Waals surface area contributed by atoms with E-state index in [2.05, 4.69) is 27.5 Å². The van der Waals surface area contributed by atoms with Crippen LogP contribution in [0, 0.1) is 0 Å². The summed E-state index contributed by atoms with van der Waals surface area (Å²) in [7, 11) is -2.92. The first kappa shape index (κ1) is 14.0. The van der Waals surface area contributed by atoms with E-state index in [1.807, 2.05) is 6.92 Å². The third-order valence-corrected chi connectivity index (χ3v) is 5.02. The van der Waals surface area contributed by atoms with E-state index in [0.717, 1.165) is 13.0 Å². The van der Waals surface area contributed by atoms with Crippen LogP contribution in [0.15, 0.2) is 12.3 Å². The summed E-state index contributed by atoms with van der Waals surface area (Å²) in [6.07, 6.45) is 3.27. The zero-order valence-electron chi connectivity index (χ0n) is 11.3. The Hall–Kier alpha value is -1.37. The SMILES string of the molecule is CCCNc1nccc(NC2(C)CCS(=O)(=O)C2)n1. The molecule has 0 bridgehead atoms. The van der Waals surface area contributed by atoms with Crippen molar-refractivity contribution in [1.29, 1.82) is 0 Å². The molecule has 0 aliphatic carbocycles. The van der Waals surface area contributed by atoms with Gasteiger partial charge in [-0.3, -0.25) is 0 Å². The maximum atomic E-state index is 11.6. The topological polar surface area (TPSA) is 84.0 Å². The van der Waals surface area contributed by atoms with Crippen molar-refractivity contribution in [2.45, 2.75) is 32.2 Å². The van der Waals surface area contributed by atoms with Crippen LogP contribution in [0.25, 0.3) is 0 Å². The molecule has 1 saturated heterocycles. The number of anilines is 2. The summed E-state index contributed by atoms with van der Waals surface area (Å²) in [5.41, 5.74) is -0.435. The molecule has 106 valence electrons. The summed E-state index contributed by atoms with van der Waals surface area (Å²) in [4.78, 5) is 8.46. The summed E-state index contributed by atoms with van der Waals surface area (Å²) in [6, 6.07) is 1.76. The van der Waals surface area contributed by atoms with Gasteiger partial charge in [0.1, 0.15) is 5.82 Å². The maximum Gasteiger partial charge on any atom is 0.224 e. The van der Waals surface area contributed by atoms with Gasteiger partial charge in [-0.2, -0.15) is 4.98 Å². The molecule has 2 rings (SSSR count). The molecular weight excluding hydrogens is 264 g/mol. The minimum atomic E-state index is -2.92. The molecule has 1 unspecified atom stereocenters. The highest BCUT2D eigenvalue weighted by Gasteiger charge is 2.38. The van der Waals surface area contributed by atoms with Crippen molar-refractivity contribution in [3.8, 4) is 0 Å². The summed E-state index contributed by atoms with van der Waals surface area (Å²) in [6.45, 7) is 4.80. The van der Waals surface area contributed by atoms with E-state index >= 15 is 0 Å². The van der Waals surface area contributed by atoms with Crippen LogP contribution in [-0.2, 0) is 9.84 Å². The number of nitrogens with one attached hydrogen (secondary N) is 2.